The zero-order valence-corrected chi connectivity index (χ0v) is 11.3. The molecular weight excluding hydrogens is 282 g/mol. The topological polar surface area (TPSA) is 50.9 Å². The van der Waals surface area contributed by atoms with Gasteiger partial charge in [-0.1, -0.05) is 6.07 Å². The van der Waals surface area contributed by atoms with Crippen molar-refractivity contribution in [1.29, 1.82) is 0 Å². The molecule has 2 rings (SSSR count). The number of hydrogen-bond donors (Lipinski definition) is 1. The second kappa shape index (κ2) is 4.58. The Hall–Kier alpha value is -1.20. The van der Waals surface area contributed by atoms with Crippen LogP contribution in [0.3, 0.4) is 0 Å². The van der Waals surface area contributed by atoms with Gasteiger partial charge in [-0.25, -0.2) is 4.98 Å². The van der Waals surface area contributed by atoms with Gasteiger partial charge in [-0.05, 0) is 35.8 Å². The van der Waals surface area contributed by atoms with Crippen LogP contribution in [0, 0.1) is 0 Å². The third kappa shape index (κ3) is 3.38. The second-order valence-corrected chi connectivity index (χ2v) is 5.42. The van der Waals surface area contributed by atoms with Crippen molar-refractivity contribution in [2.45, 2.75) is 26.0 Å². The van der Waals surface area contributed by atoms with Crippen LogP contribution < -0.4 is 0 Å². The number of aliphatic hydroxyl groups is 1. The molecule has 1 N–H and O–H groups in total. The number of pyridine rings is 1. The molecule has 2 heterocycles. The Morgan fingerprint density at radius 2 is 2.06 bits per heavy atom. The first-order valence-electron chi connectivity index (χ1n) is 5.31. The molecule has 0 spiro atoms. The van der Waals surface area contributed by atoms with Crippen molar-refractivity contribution in [2.24, 2.45) is 0 Å². The lowest BCUT2D eigenvalue weighted by molar-refractivity contribution is 0.0577. The molecule has 0 amide bonds. The normalized spacial score (nSPS) is 11.8. The van der Waals surface area contributed by atoms with Crippen molar-refractivity contribution in [3.8, 4) is 11.1 Å². The maximum atomic E-state index is 9.71. The minimum Gasteiger partial charge on any atom is -0.389 e. The van der Waals surface area contributed by atoms with Gasteiger partial charge in [0, 0.05) is 23.5 Å². The first-order valence-corrected chi connectivity index (χ1v) is 6.10. The largest absolute Gasteiger partial charge is 0.389 e. The SMILES string of the molecule is CC(C)(O)Cn1cc(-c2ccc(Br)nc2)cn1. The lowest BCUT2D eigenvalue weighted by Crippen LogP contribution is -2.26. The van der Waals surface area contributed by atoms with Gasteiger partial charge in [0.2, 0.25) is 0 Å². The monoisotopic (exact) mass is 295 g/mol. The lowest BCUT2D eigenvalue weighted by Gasteiger charge is -2.16. The molecule has 0 radical (unpaired) electrons. The molecule has 90 valence electrons. The van der Waals surface area contributed by atoms with E-state index >= 15 is 0 Å². The molecule has 4 nitrogen and oxygen atoms in total. The fraction of sp³-hybridized carbons (Fsp3) is 0.333. The number of halogens is 1. The summed E-state index contributed by atoms with van der Waals surface area (Å²) in [6, 6.07) is 3.87. The highest BCUT2D eigenvalue weighted by molar-refractivity contribution is 9.10. The molecule has 0 saturated heterocycles. The molecule has 0 bridgehead atoms. The van der Waals surface area contributed by atoms with Gasteiger partial charge in [-0.2, -0.15) is 5.10 Å². The van der Waals surface area contributed by atoms with Crippen LogP contribution in [0.15, 0.2) is 35.3 Å². The minimum absolute atomic E-state index is 0.469. The zero-order valence-electron chi connectivity index (χ0n) is 9.76. The maximum Gasteiger partial charge on any atom is 0.106 e. The molecule has 0 saturated carbocycles. The summed E-state index contributed by atoms with van der Waals surface area (Å²) >= 11 is 3.30. The average Bonchev–Trinajstić information content (AvgIpc) is 2.64. The van der Waals surface area contributed by atoms with Gasteiger partial charge < -0.3 is 5.11 Å². The molecule has 0 fully saturated rings. The van der Waals surface area contributed by atoms with Gasteiger partial charge >= 0.3 is 0 Å². The van der Waals surface area contributed by atoms with Gasteiger partial charge in [-0.3, -0.25) is 4.68 Å². The molecule has 0 aliphatic rings. The van der Waals surface area contributed by atoms with Gasteiger partial charge in [0.15, 0.2) is 0 Å². The minimum atomic E-state index is -0.763. The Morgan fingerprint density at radius 1 is 1.29 bits per heavy atom. The van der Waals surface area contributed by atoms with Crippen LogP contribution in [0.4, 0.5) is 0 Å². The highest BCUT2D eigenvalue weighted by atomic mass is 79.9. The standard InChI is InChI=1S/C12H14BrN3O/c1-12(2,17)8-16-7-10(6-15-16)9-3-4-11(13)14-5-9/h3-7,17H,8H2,1-2H3. The van der Waals surface area contributed by atoms with E-state index in [4.69, 9.17) is 0 Å². The van der Waals surface area contributed by atoms with Crippen LogP contribution in [0.2, 0.25) is 0 Å². The maximum absolute atomic E-state index is 9.71. The summed E-state index contributed by atoms with van der Waals surface area (Å²) < 4.78 is 2.54. The van der Waals surface area contributed by atoms with Crippen molar-refractivity contribution in [3.05, 3.63) is 35.3 Å². The number of aromatic nitrogens is 3. The average molecular weight is 296 g/mol. The van der Waals surface area contributed by atoms with Crippen LogP contribution in [-0.4, -0.2) is 25.5 Å². The lowest BCUT2D eigenvalue weighted by atomic mass is 10.1. The van der Waals surface area contributed by atoms with Crippen LogP contribution >= 0.6 is 15.9 Å². The van der Waals surface area contributed by atoms with Crippen molar-refractivity contribution in [3.63, 3.8) is 0 Å². The van der Waals surface area contributed by atoms with Gasteiger partial charge in [0.25, 0.3) is 0 Å². The summed E-state index contributed by atoms with van der Waals surface area (Å²) in [5, 5.41) is 13.9. The van der Waals surface area contributed by atoms with Crippen molar-refractivity contribution >= 4 is 15.9 Å². The molecule has 0 unspecified atom stereocenters. The summed E-state index contributed by atoms with van der Waals surface area (Å²) in [7, 11) is 0. The van der Waals surface area contributed by atoms with E-state index in [1.54, 1.807) is 30.9 Å². The first kappa shape index (κ1) is 12.3. The molecule has 0 aliphatic heterocycles. The summed E-state index contributed by atoms with van der Waals surface area (Å²) in [5.41, 5.74) is 1.24. The molecule has 2 aromatic rings. The Balaban J connectivity index is 2.21. The van der Waals surface area contributed by atoms with E-state index < -0.39 is 5.60 Å². The van der Waals surface area contributed by atoms with Gasteiger partial charge in [0.05, 0.1) is 18.3 Å². The van der Waals surface area contributed by atoms with E-state index in [1.807, 2.05) is 18.3 Å². The van der Waals surface area contributed by atoms with Crippen molar-refractivity contribution in [2.75, 3.05) is 0 Å². The summed E-state index contributed by atoms with van der Waals surface area (Å²) in [4.78, 5) is 4.17. The second-order valence-electron chi connectivity index (χ2n) is 4.61. The fourth-order valence-corrected chi connectivity index (χ4v) is 1.78. The molecule has 2 aromatic heterocycles. The Labute approximate surface area is 108 Å². The molecule has 17 heavy (non-hydrogen) atoms. The third-order valence-electron chi connectivity index (χ3n) is 2.24. The molecule has 5 heteroatoms. The Kier molecular flexibility index (Phi) is 3.31. The third-order valence-corrected chi connectivity index (χ3v) is 2.71. The molecule has 0 aromatic carbocycles. The van der Waals surface area contributed by atoms with Crippen LogP contribution in [-0.2, 0) is 6.54 Å². The quantitative estimate of drug-likeness (QED) is 0.885. The summed E-state index contributed by atoms with van der Waals surface area (Å²) in [6.45, 7) is 3.99. The number of hydrogen-bond acceptors (Lipinski definition) is 3. The summed E-state index contributed by atoms with van der Waals surface area (Å²) in [6.07, 6.45) is 5.47. The highest BCUT2D eigenvalue weighted by Gasteiger charge is 2.14. The smallest absolute Gasteiger partial charge is 0.106 e. The summed E-state index contributed by atoms with van der Waals surface area (Å²) in [5.74, 6) is 0. The molecular formula is C12H14BrN3O. The Morgan fingerprint density at radius 3 is 2.65 bits per heavy atom. The van der Waals surface area contributed by atoms with E-state index in [2.05, 4.69) is 26.0 Å². The van der Waals surface area contributed by atoms with Gasteiger partial charge in [-0.15, -0.1) is 0 Å². The highest BCUT2D eigenvalue weighted by Crippen LogP contribution is 2.19. The van der Waals surface area contributed by atoms with Crippen molar-refractivity contribution < 1.29 is 5.11 Å². The van der Waals surface area contributed by atoms with E-state index in [0.29, 0.717) is 6.54 Å². The van der Waals surface area contributed by atoms with Crippen LogP contribution in [0.5, 0.6) is 0 Å². The molecule has 0 atom stereocenters. The fourth-order valence-electron chi connectivity index (χ4n) is 1.54. The number of nitrogens with zero attached hydrogens (tertiary/aromatic N) is 3. The Bertz CT molecular complexity index is 499. The van der Waals surface area contributed by atoms with E-state index in [9.17, 15) is 5.11 Å². The predicted molar refractivity (Wildman–Crippen MR) is 69.5 cm³/mol. The molecule has 0 aliphatic carbocycles. The van der Waals surface area contributed by atoms with E-state index in [-0.39, 0.29) is 0 Å². The van der Waals surface area contributed by atoms with Crippen molar-refractivity contribution in [1.82, 2.24) is 14.8 Å². The van der Waals surface area contributed by atoms with Crippen LogP contribution in [0.25, 0.3) is 11.1 Å². The predicted octanol–water partition coefficient (Wildman–Crippen LogP) is 2.48. The zero-order chi connectivity index (χ0) is 12.5. The van der Waals surface area contributed by atoms with Crippen LogP contribution in [0.1, 0.15) is 13.8 Å². The van der Waals surface area contributed by atoms with E-state index in [1.165, 1.54) is 0 Å². The first-order chi connectivity index (χ1) is 7.94. The number of rotatable bonds is 3. The van der Waals surface area contributed by atoms with E-state index in [0.717, 1.165) is 15.7 Å². The van der Waals surface area contributed by atoms with Gasteiger partial charge in [0.1, 0.15) is 4.60 Å².